The molecule has 0 saturated heterocycles. The van der Waals surface area contributed by atoms with Gasteiger partial charge in [0.2, 0.25) is 0 Å². The quantitative estimate of drug-likeness (QED) is 0.888. The third kappa shape index (κ3) is 3.37. The molecule has 0 spiro atoms. The minimum Gasteiger partial charge on any atom is -0.469 e. The molecule has 1 N–H and O–H groups in total. The van der Waals surface area contributed by atoms with Crippen LogP contribution in [-0.2, 0) is 12.8 Å². The second-order valence-electron chi connectivity index (χ2n) is 3.68. The van der Waals surface area contributed by atoms with Crippen molar-refractivity contribution in [1.29, 1.82) is 0 Å². The molecule has 0 aromatic carbocycles. The van der Waals surface area contributed by atoms with Crippen molar-refractivity contribution in [2.75, 3.05) is 0 Å². The summed E-state index contributed by atoms with van der Waals surface area (Å²) in [6.07, 6.45) is 3.47. The minimum absolute atomic E-state index is 0.334. The average molecular weight is 257 g/mol. The number of aryl methyl sites for hydroxylation is 1. The molecule has 1 atom stereocenters. The van der Waals surface area contributed by atoms with Crippen LogP contribution < -0.4 is 0 Å². The molecule has 86 valence electrons. The van der Waals surface area contributed by atoms with Crippen LogP contribution in [0.4, 0.5) is 0 Å². The van der Waals surface area contributed by atoms with Crippen LogP contribution in [0.1, 0.15) is 17.1 Å². The highest BCUT2D eigenvalue weighted by atomic mass is 35.5. The van der Waals surface area contributed by atoms with E-state index in [0.717, 1.165) is 21.4 Å². The molecule has 16 heavy (non-hydrogen) atoms. The van der Waals surface area contributed by atoms with E-state index in [9.17, 15) is 5.11 Å². The lowest BCUT2D eigenvalue weighted by atomic mass is 10.1. The van der Waals surface area contributed by atoms with Crippen LogP contribution in [0, 0.1) is 0 Å². The maximum atomic E-state index is 9.83. The Morgan fingerprint density at radius 1 is 1.38 bits per heavy atom. The van der Waals surface area contributed by atoms with Gasteiger partial charge in [-0.05, 0) is 30.7 Å². The third-order valence-corrected chi connectivity index (χ3v) is 3.62. The molecular weight excluding hydrogens is 244 g/mol. The van der Waals surface area contributed by atoms with Gasteiger partial charge in [-0.15, -0.1) is 11.3 Å². The van der Waals surface area contributed by atoms with E-state index < -0.39 is 0 Å². The maximum Gasteiger partial charge on any atom is 0.103 e. The summed E-state index contributed by atoms with van der Waals surface area (Å²) in [6.45, 7) is 0. The minimum atomic E-state index is -0.334. The fraction of sp³-hybridized carbons (Fsp3) is 0.333. The number of hydrogen-bond donors (Lipinski definition) is 1. The van der Waals surface area contributed by atoms with Gasteiger partial charge in [-0.2, -0.15) is 0 Å². The second kappa shape index (κ2) is 5.53. The first-order chi connectivity index (χ1) is 7.74. The molecule has 0 aliphatic rings. The molecule has 2 aromatic rings. The topological polar surface area (TPSA) is 33.4 Å². The molecule has 0 aliphatic heterocycles. The van der Waals surface area contributed by atoms with Crippen LogP contribution in [0.25, 0.3) is 0 Å². The number of rotatable bonds is 5. The molecule has 1 unspecified atom stereocenters. The second-order valence-corrected chi connectivity index (χ2v) is 5.48. The molecule has 2 aromatic heterocycles. The van der Waals surface area contributed by atoms with Crippen molar-refractivity contribution in [2.24, 2.45) is 0 Å². The Labute approximate surface area is 103 Å². The maximum absolute atomic E-state index is 9.83. The van der Waals surface area contributed by atoms with Crippen molar-refractivity contribution in [3.8, 4) is 0 Å². The number of halogens is 1. The van der Waals surface area contributed by atoms with E-state index in [1.54, 1.807) is 6.26 Å². The number of aliphatic hydroxyl groups excluding tert-OH is 1. The van der Waals surface area contributed by atoms with Gasteiger partial charge in [0.15, 0.2) is 0 Å². The first kappa shape index (κ1) is 11.7. The summed E-state index contributed by atoms with van der Waals surface area (Å²) >= 11 is 7.35. The number of thiophene rings is 1. The van der Waals surface area contributed by atoms with Gasteiger partial charge in [0.05, 0.1) is 16.7 Å². The molecule has 0 aliphatic carbocycles. The van der Waals surface area contributed by atoms with Crippen LogP contribution in [0.2, 0.25) is 4.34 Å². The number of furan rings is 1. The van der Waals surface area contributed by atoms with Crippen LogP contribution in [-0.4, -0.2) is 11.2 Å². The first-order valence-corrected chi connectivity index (χ1v) is 6.38. The van der Waals surface area contributed by atoms with Crippen molar-refractivity contribution in [1.82, 2.24) is 0 Å². The SMILES string of the molecule is OC(CCc1ccco1)Cc1ccc(Cl)s1. The smallest absolute Gasteiger partial charge is 0.103 e. The summed E-state index contributed by atoms with van der Waals surface area (Å²) < 4.78 is 5.98. The van der Waals surface area contributed by atoms with E-state index in [-0.39, 0.29) is 6.10 Å². The van der Waals surface area contributed by atoms with Gasteiger partial charge in [-0.25, -0.2) is 0 Å². The summed E-state index contributed by atoms with van der Waals surface area (Å²) in [4.78, 5) is 1.12. The summed E-state index contributed by atoms with van der Waals surface area (Å²) in [5.74, 6) is 0.920. The van der Waals surface area contributed by atoms with Crippen molar-refractivity contribution in [3.63, 3.8) is 0 Å². The number of hydrogen-bond acceptors (Lipinski definition) is 3. The van der Waals surface area contributed by atoms with Crippen LogP contribution >= 0.6 is 22.9 Å². The molecular formula is C12H13ClO2S. The van der Waals surface area contributed by atoms with Gasteiger partial charge < -0.3 is 9.52 Å². The molecule has 2 heterocycles. The van der Waals surface area contributed by atoms with E-state index in [4.69, 9.17) is 16.0 Å². The van der Waals surface area contributed by atoms with Crippen molar-refractivity contribution >= 4 is 22.9 Å². The highest BCUT2D eigenvalue weighted by Gasteiger charge is 2.08. The lowest BCUT2D eigenvalue weighted by Crippen LogP contribution is -2.10. The van der Waals surface area contributed by atoms with Crippen molar-refractivity contribution in [3.05, 3.63) is 45.5 Å². The standard InChI is InChI=1S/C12H13ClO2S/c13-12-6-5-11(16-12)8-9(14)3-4-10-2-1-7-15-10/h1-2,5-7,9,14H,3-4,8H2. The predicted octanol–water partition coefficient (Wildman–Crippen LogP) is 3.53. The zero-order chi connectivity index (χ0) is 11.4. The van der Waals surface area contributed by atoms with Gasteiger partial charge in [0, 0.05) is 17.7 Å². The van der Waals surface area contributed by atoms with Crippen molar-refractivity contribution < 1.29 is 9.52 Å². The van der Waals surface area contributed by atoms with Gasteiger partial charge in [-0.1, -0.05) is 11.6 Å². The Morgan fingerprint density at radius 3 is 2.88 bits per heavy atom. The molecule has 2 rings (SSSR count). The summed E-state index contributed by atoms with van der Waals surface area (Å²) in [5, 5.41) is 9.83. The van der Waals surface area contributed by atoms with Crippen LogP contribution in [0.3, 0.4) is 0 Å². The fourth-order valence-electron chi connectivity index (χ4n) is 1.56. The Hall–Kier alpha value is -0.770. The highest BCUT2D eigenvalue weighted by Crippen LogP contribution is 2.23. The molecule has 0 amide bonds. The lowest BCUT2D eigenvalue weighted by Gasteiger charge is -2.07. The highest BCUT2D eigenvalue weighted by molar-refractivity contribution is 7.16. The van der Waals surface area contributed by atoms with Gasteiger partial charge in [0.25, 0.3) is 0 Å². The Morgan fingerprint density at radius 2 is 2.25 bits per heavy atom. The number of aliphatic hydroxyl groups is 1. The Kier molecular flexibility index (Phi) is 4.04. The molecule has 0 saturated carbocycles. The molecule has 0 radical (unpaired) electrons. The van der Waals surface area contributed by atoms with Crippen LogP contribution in [0.15, 0.2) is 34.9 Å². The molecule has 0 fully saturated rings. The normalized spacial score (nSPS) is 12.9. The van der Waals surface area contributed by atoms with E-state index in [0.29, 0.717) is 12.8 Å². The summed E-state index contributed by atoms with van der Waals surface area (Å²) in [6, 6.07) is 7.61. The van der Waals surface area contributed by atoms with Gasteiger partial charge in [0.1, 0.15) is 5.76 Å². The zero-order valence-corrected chi connectivity index (χ0v) is 10.3. The largest absolute Gasteiger partial charge is 0.469 e. The van der Waals surface area contributed by atoms with Gasteiger partial charge in [-0.3, -0.25) is 0 Å². The summed E-state index contributed by atoms with van der Waals surface area (Å²) in [7, 11) is 0. The van der Waals surface area contributed by atoms with Crippen LogP contribution in [0.5, 0.6) is 0 Å². The zero-order valence-electron chi connectivity index (χ0n) is 8.73. The Balaban J connectivity index is 1.78. The summed E-state index contributed by atoms with van der Waals surface area (Å²) in [5.41, 5.74) is 0. The van der Waals surface area contributed by atoms with E-state index in [1.807, 2.05) is 24.3 Å². The molecule has 4 heteroatoms. The van der Waals surface area contributed by atoms with Gasteiger partial charge >= 0.3 is 0 Å². The van der Waals surface area contributed by atoms with E-state index in [2.05, 4.69) is 0 Å². The van der Waals surface area contributed by atoms with Crippen molar-refractivity contribution in [2.45, 2.75) is 25.4 Å². The monoisotopic (exact) mass is 256 g/mol. The predicted molar refractivity (Wildman–Crippen MR) is 66.1 cm³/mol. The Bertz CT molecular complexity index is 422. The average Bonchev–Trinajstić information content (AvgIpc) is 2.87. The first-order valence-electron chi connectivity index (χ1n) is 5.18. The fourth-order valence-corrected chi connectivity index (χ4v) is 2.72. The lowest BCUT2D eigenvalue weighted by molar-refractivity contribution is 0.164. The van der Waals surface area contributed by atoms with E-state index in [1.165, 1.54) is 11.3 Å². The molecule has 0 bridgehead atoms. The third-order valence-electron chi connectivity index (χ3n) is 2.37. The van der Waals surface area contributed by atoms with E-state index >= 15 is 0 Å². The molecule has 2 nitrogen and oxygen atoms in total.